The molecule has 0 bridgehead atoms. The van der Waals surface area contributed by atoms with Crippen molar-refractivity contribution in [3.05, 3.63) is 30.3 Å². The van der Waals surface area contributed by atoms with Crippen molar-refractivity contribution in [3.8, 4) is 5.75 Å². The third kappa shape index (κ3) is 4.20. The smallest absolute Gasteiger partial charge is 0.329 e. The summed E-state index contributed by atoms with van der Waals surface area (Å²) in [5.74, 6) is -1.47. The van der Waals surface area contributed by atoms with Gasteiger partial charge in [-0.05, 0) is 25.0 Å². The first-order valence-electron chi connectivity index (χ1n) is 6.51. The second-order valence-electron chi connectivity index (χ2n) is 4.81. The number of carboxylic acids is 1. The fourth-order valence-electron chi connectivity index (χ4n) is 1.72. The molecule has 2 amide bonds. The van der Waals surface area contributed by atoms with E-state index in [1.807, 2.05) is 6.07 Å². The molecule has 21 heavy (non-hydrogen) atoms. The summed E-state index contributed by atoms with van der Waals surface area (Å²) in [5, 5.41) is 13.7. The second-order valence-corrected chi connectivity index (χ2v) is 4.81. The number of ether oxygens (including phenoxy) is 1. The van der Waals surface area contributed by atoms with Crippen LogP contribution in [0.4, 0.5) is 0 Å². The second kappa shape index (κ2) is 6.25. The molecule has 0 spiro atoms. The molecule has 1 aromatic carbocycles. The van der Waals surface area contributed by atoms with Gasteiger partial charge in [0.05, 0.1) is 6.54 Å². The van der Waals surface area contributed by atoms with Crippen molar-refractivity contribution in [3.63, 3.8) is 0 Å². The van der Waals surface area contributed by atoms with Gasteiger partial charge in [-0.1, -0.05) is 18.2 Å². The van der Waals surface area contributed by atoms with E-state index >= 15 is 0 Å². The number of carboxylic acid groups (broad SMARTS) is 1. The zero-order valence-corrected chi connectivity index (χ0v) is 11.3. The number of carbonyl (C=O) groups excluding carboxylic acids is 2. The predicted molar refractivity (Wildman–Crippen MR) is 72.7 cm³/mol. The van der Waals surface area contributed by atoms with Crippen LogP contribution >= 0.6 is 0 Å². The van der Waals surface area contributed by atoms with Gasteiger partial charge in [0.2, 0.25) is 5.91 Å². The Balaban J connectivity index is 1.67. The topological polar surface area (TPSA) is 105 Å². The van der Waals surface area contributed by atoms with Crippen molar-refractivity contribution in [2.75, 3.05) is 13.2 Å². The average Bonchev–Trinajstić information content (AvgIpc) is 3.25. The first-order valence-corrected chi connectivity index (χ1v) is 6.51. The maximum absolute atomic E-state index is 11.6. The number of aliphatic carboxylic acids is 1. The van der Waals surface area contributed by atoms with Gasteiger partial charge in [0.1, 0.15) is 11.3 Å². The minimum absolute atomic E-state index is 0.207. The monoisotopic (exact) mass is 292 g/mol. The Labute approximate surface area is 121 Å². The molecule has 0 heterocycles. The SMILES string of the molecule is O=C(COc1ccccc1)NCC(=O)NC1(C(=O)O)CC1. The normalized spacial score (nSPS) is 14.9. The predicted octanol–water partition coefficient (Wildman–Crippen LogP) is -0.0850. The number of hydrogen-bond donors (Lipinski definition) is 3. The molecule has 0 unspecified atom stereocenters. The van der Waals surface area contributed by atoms with Crippen LogP contribution in [0.5, 0.6) is 5.75 Å². The first-order chi connectivity index (χ1) is 10.0. The van der Waals surface area contributed by atoms with Crippen LogP contribution in [0.3, 0.4) is 0 Å². The van der Waals surface area contributed by atoms with Crippen LogP contribution in [0, 0.1) is 0 Å². The molecule has 0 aliphatic heterocycles. The minimum atomic E-state index is -1.14. The Morgan fingerprint density at radius 1 is 1.14 bits per heavy atom. The van der Waals surface area contributed by atoms with Crippen molar-refractivity contribution >= 4 is 17.8 Å². The van der Waals surface area contributed by atoms with Gasteiger partial charge >= 0.3 is 5.97 Å². The number of nitrogens with one attached hydrogen (secondary N) is 2. The molecule has 112 valence electrons. The average molecular weight is 292 g/mol. The summed E-state index contributed by atoms with van der Waals surface area (Å²) in [6, 6.07) is 8.81. The lowest BCUT2D eigenvalue weighted by molar-refractivity contribution is -0.143. The van der Waals surface area contributed by atoms with Crippen LogP contribution in [0.15, 0.2) is 30.3 Å². The van der Waals surface area contributed by atoms with E-state index < -0.39 is 23.3 Å². The summed E-state index contributed by atoms with van der Waals surface area (Å²) in [5.41, 5.74) is -1.14. The molecule has 1 aliphatic carbocycles. The third-order valence-corrected chi connectivity index (χ3v) is 3.10. The van der Waals surface area contributed by atoms with Gasteiger partial charge in [0.25, 0.3) is 5.91 Å². The molecule has 0 saturated heterocycles. The van der Waals surface area contributed by atoms with E-state index in [2.05, 4.69) is 10.6 Å². The zero-order valence-electron chi connectivity index (χ0n) is 11.3. The molecular formula is C14H16N2O5. The number of carbonyl (C=O) groups is 3. The van der Waals surface area contributed by atoms with Gasteiger partial charge in [0.15, 0.2) is 6.61 Å². The van der Waals surface area contributed by atoms with Crippen LogP contribution in [-0.4, -0.2) is 41.6 Å². The van der Waals surface area contributed by atoms with Gasteiger partial charge < -0.3 is 20.5 Å². The van der Waals surface area contributed by atoms with Crippen LogP contribution in [0.1, 0.15) is 12.8 Å². The number of hydrogen-bond acceptors (Lipinski definition) is 4. The van der Waals surface area contributed by atoms with Crippen LogP contribution < -0.4 is 15.4 Å². The maximum Gasteiger partial charge on any atom is 0.329 e. The van der Waals surface area contributed by atoms with Crippen LogP contribution in [-0.2, 0) is 14.4 Å². The van der Waals surface area contributed by atoms with E-state index in [-0.39, 0.29) is 13.2 Å². The van der Waals surface area contributed by atoms with Gasteiger partial charge in [-0.2, -0.15) is 0 Å². The number of para-hydroxylation sites is 1. The summed E-state index contributed by atoms with van der Waals surface area (Å²) in [6.45, 7) is -0.479. The lowest BCUT2D eigenvalue weighted by Crippen LogP contribution is -2.47. The van der Waals surface area contributed by atoms with Gasteiger partial charge in [-0.3, -0.25) is 9.59 Å². The number of benzene rings is 1. The van der Waals surface area contributed by atoms with E-state index in [1.54, 1.807) is 24.3 Å². The Kier molecular flexibility index (Phi) is 4.42. The van der Waals surface area contributed by atoms with E-state index in [0.717, 1.165) is 0 Å². The van der Waals surface area contributed by atoms with Crippen molar-refractivity contribution in [1.29, 1.82) is 0 Å². The third-order valence-electron chi connectivity index (χ3n) is 3.10. The van der Waals surface area contributed by atoms with Gasteiger partial charge in [0, 0.05) is 0 Å². The summed E-state index contributed by atoms with van der Waals surface area (Å²) >= 11 is 0. The Morgan fingerprint density at radius 3 is 2.38 bits per heavy atom. The molecule has 3 N–H and O–H groups in total. The molecule has 1 aromatic rings. The van der Waals surface area contributed by atoms with E-state index in [1.165, 1.54) is 0 Å². The summed E-state index contributed by atoms with van der Waals surface area (Å²) in [7, 11) is 0. The van der Waals surface area contributed by atoms with Crippen LogP contribution in [0.2, 0.25) is 0 Å². The Bertz CT molecular complexity index is 540. The first kappa shape index (κ1) is 14.8. The van der Waals surface area contributed by atoms with Crippen molar-refractivity contribution in [2.45, 2.75) is 18.4 Å². The molecular weight excluding hydrogens is 276 g/mol. The van der Waals surface area contributed by atoms with Gasteiger partial charge in [-0.15, -0.1) is 0 Å². The molecule has 1 fully saturated rings. The molecule has 0 radical (unpaired) electrons. The van der Waals surface area contributed by atoms with Crippen molar-refractivity contribution in [2.24, 2.45) is 0 Å². The molecule has 1 aliphatic rings. The quantitative estimate of drug-likeness (QED) is 0.651. The Morgan fingerprint density at radius 2 is 1.81 bits per heavy atom. The summed E-state index contributed by atoms with van der Waals surface area (Å²) in [6.07, 6.45) is 0.832. The highest BCUT2D eigenvalue weighted by Gasteiger charge is 2.51. The fourth-order valence-corrected chi connectivity index (χ4v) is 1.72. The highest BCUT2D eigenvalue weighted by molar-refractivity contribution is 5.91. The van der Waals surface area contributed by atoms with E-state index in [9.17, 15) is 14.4 Å². The number of rotatable bonds is 7. The van der Waals surface area contributed by atoms with Crippen molar-refractivity contribution in [1.82, 2.24) is 10.6 Å². The molecule has 2 rings (SSSR count). The molecule has 1 saturated carbocycles. The highest BCUT2D eigenvalue weighted by atomic mass is 16.5. The van der Waals surface area contributed by atoms with E-state index in [4.69, 9.17) is 9.84 Å². The number of amides is 2. The lowest BCUT2D eigenvalue weighted by atomic mass is 10.3. The lowest BCUT2D eigenvalue weighted by Gasteiger charge is -2.13. The summed E-state index contributed by atoms with van der Waals surface area (Å²) < 4.78 is 5.21. The van der Waals surface area contributed by atoms with Crippen LogP contribution in [0.25, 0.3) is 0 Å². The Hall–Kier alpha value is -2.57. The minimum Gasteiger partial charge on any atom is -0.484 e. The maximum atomic E-state index is 11.6. The summed E-state index contributed by atoms with van der Waals surface area (Å²) in [4.78, 5) is 33.9. The van der Waals surface area contributed by atoms with Gasteiger partial charge in [-0.25, -0.2) is 4.79 Å². The zero-order chi connectivity index (χ0) is 15.3. The standard InChI is InChI=1S/C14H16N2O5/c17-11(16-14(6-7-14)13(19)20)8-15-12(18)9-21-10-4-2-1-3-5-10/h1-5H,6-9H2,(H,15,18)(H,16,17)(H,19,20). The largest absolute Gasteiger partial charge is 0.484 e. The molecule has 0 atom stereocenters. The molecule has 0 aromatic heterocycles. The van der Waals surface area contributed by atoms with E-state index in [0.29, 0.717) is 18.6 Å². The molecule has 7 nitrogen and oxygen atoms in total. The van der Waals surface area contributed by atoms with Crippen molar-refractivity contribution < 1.29 is 24.2 Å². The highest BCUT2D eigenvalue weighted by Crippen LogP contribution is 2.35. The fraction of sp³-hybridized carbons (Fsp3) is 0.357. The molecule has 7 heteroatoms.